The molecule has 2 unspecified atom stereocenters. The van der Waals surface area contributed by atoms with Gasteiger partial charge in [-0.05, 0) is 68.2 Å². The molecule has 1 aliphatic rings. The first-order valence-electron chi connectivity index (χ1n) is 7.27. The van der Waals surface area contributed by atoms with Crippen molar-refractivity contribution in [3.8, 4) is 0 Å². The second-order valence-corrected chi connectivity index (χ2v) is 8.02. The number of hydrogen-bond acceptors (Lipinski definition) is 4. The van der Waals surface area contributed by atoms with E-state index in [1.54, 1.807) is 0 Å². The Balaban J connectivity index is 2.58. The van der Waals surface area contributed by atoms with Crippen molar-refractivity contribution in [3.05, 3.63) is 12.2 Å². The molecule has 0 aromatic rings. The first-order chi connectivity index (χ1) is 8.83. The van der Waals surface area contributed by atoms with Gasteiger partial charge in [-0.1, -0.05) is 12.2 Å². The molecule has 0 N–H and O–H groups in total. The van der Waals surface area contributed by atoms with Crippen molar-refractivity contribution in [2.75, 3.05) is 0 Å². The van der Waals surface area contributed by atoms with Crippen molar-refractivity contribution in [1.29, 1.82) is 0 Å². The average molecular weight is 286 g/mol. The summed E-state index contributed by atoms with van der Waals surface area (Å²) in [5, 5.41) is 0. The SMILES string of the molecule is CC(C)(C)OOC1(C)C=CC(C)(OOC(C)(C)C)CC1. The maximum atomic E-state index is 5.59. The maximum Gasteiger partial charge on any atom is 0.119 e. The van der Waals surface area contributed by atoms with E-state index < -0.39 is 11.2 Å². The van der Waals surface area contributed by atoms with Gasteiger partial charge in [-0.15, -0.1) is 0 Å². The van der Waals surface area contributed by atoms with Gasteiger partial charge in [0, 0.05) is 0 Å². The highest BCUT2D eigenvalue weighted by molar-refractivity contribution is 5.12. The lowest BCUT2D eigenvalue weighted by Crippen LogP contribution is -2.40. The molecule has 0 amide bonds. The average Bonchev–Trinajstić information content (AvgIpc) is 2.28. The van der Waals surface area contributed by atoms with Gasteiger partial charge in [0.25, 0.3) is 0 Å². The zero-order valence-electron chi connectivity index (χ0n) is 14.2. The van der Waals surface area contributed by atoms with Crippen LogP contribution in [0.3, 0.4) is 0 Å². The van der Waals surface area contributed by atoms with E-state index in [0.29, 0.717) is 0 Å². The van der Waals surface area contributed by atoms with E-state index in [-0.39, 0.29) is 11.2 Å². The molecule has 0 fully saturated rings. The molecule has 0 radical (unpaired) electrons. The van der Waals surface area contributed by atoms with Crippen molar-refractivity contribution in [2.45, 2.75) is 90.6 Å². The molecule has 2 atom stereocenters. The molecule has 0 aromatic heterocycles. The van der Waals surface area contributed by atoms with E-state index in [4.69, 9.17) is 19.6 Å². The molecular weight excluding hydrogens is 256 g/mol. The molecule has 1 rings (SSSR count). The Morgan fingerprint density at radius 1 is 0.700 bits per heavy atom. The van der Waals surface area contributed by atoms with E-state index >= 15 is 0 Å². The van der Waals surface area contributed by atoms with E-state index in [1.165, 1.54) is 0 Å². The van der Waals surface area contributed by atoms with E-state index in [2.05, 4.69) is 0 Å². The zero-order valence-corrected chi connectivity index (χ0v) is 14.2. The van der Waals surface area contributed by atoms with E-state index in [1.807, 2.05) is 67.5 Å². The normalized spacial score (nSPS) is 31.6. The highest BCUT2D eigenvalue weighted by atomic mass is 17.2. The van der Waals surface area contributed by atoms with Crippen LogP contribution in [0.2, 0.25) is 0 Å². The van der Waals surface area contributed by atoms with Crippen molar-refractivity contribution in [3.63, 3.8) is 0 Å². The van der Waals surface area contributed by atoms with Gasteiger partial charge in [-0.25, -0.2) is 19.6 Å². The van der Waals surface area contributed by atoms with Crippen molar-refractivity contribution < 1.29 is 19.6 Å². The second-order valence-electron chi connectivity index (χ2n) is 8.02. The van der Waals surface area contributed by atoms with Gasteiger partial charge in [0.1, 0.15) is 11.2 Å². The third-order valence-electron chi connectivity index (χ3n) is 2.87. The van der Waals surface area contributed by atoms with Gasteiger partial charge in [-0.2, -0.15) is 0 Å². The molecule has 0 aliphatic heterocycles. The number of hydrogen-bond donors (Lipinski definition) is 0. The van der Waals surface area contributed by atoms with E-state index in [9.17, 15) is 0 Å². The lowest BCUT2D eigenvalue weighted by Gasteiger charge is -2.38. The largest absolute Gasteiger partial charge is 0.230 e. The number of rotatable bonds is 4. The molecule has 0 spiro atoms. The molecule has 118 valence electrons. The van der Waals surface area contributed by atoms with Crippen LogP contribution in [0.25, 0.3) is 0 Å². The lowest BCUT2D eigenvalue weighted by atomic mass is 9.84. The highest BCUT2D eigenvalue weighted by Gasteiger charge is 2.37. The molecule has 0 heterocycles. The smallest absolute Gasteiger partial charge is 0.119 e. The molecule has 4 heteroatoms. The topological polar surface area (TPSA) is 36.9 Å². The molecule has 4 nitrogen and oxygen atoms in total. The molecule has 0 bridgehead atoms. The predicted molar refractivity (Wildman–Crippen MR) is 79.0 cm³/mol. The van der Waals surface area contributed by atoms with Crippen LogP contribution in [0, 0.1) is 0 Å². The van der Waals surface area contributed by atoms with Gasteiger partial charge < -0.3 is 0 Å². The van der Waals surface area contributed by atoms with Crippen molar-refractivity contribution in [1.82, 2.24) is 0 Å². The van der Waals surface area contributed by atoms with Crippen LogP contribution >= 0.6 is 0 Å². The van der Waals surface area contributed by atoms with Crippen LogP contribution in [0.5, 0.6) is 0 Å². The molecule has 1 aliphatic carbocycles. The third kappa shape index (κ3) is 6.35. The summed E-state index contributed by atoms with van der Waals surface area (Å²) < 4.78 is 0. The monoisotopic (exact) mass is 286 g/mol. The van der Waals surface area contributed by atoms with Crippen LogP contribution in [-0.2, 0) is 19.6 Å². The molecule has 0 saturated carbocycles. The summed E-state index contributed by atoms with van der Waals surface area (Å²) in [7, 11) is 0. The Kier molecular flexibility index (Phi) is 5.08. The van der Waals surface area contributed by atoms with Crippen molar-refractivity contribution in [2.24, 2.45) is 0 Å². The highest BCUT2D eigenvalue weighted by Crippen LogP contribution is 2.35. The Morgan fingerprint density at radius 3 is 1.20 bits per heavy atom. The summed E-state index contributed by atoms with van der Waals surface area (Å²) in [6.45, 7) is 15.8. The minimum atomic E-state index is -0.419. The Bertz CT molecular complexity index is 316. The Labute approximate surface area is 123 Å². The van der Waals surface area contributed by atoms with Crippen LogP contribution in [0.15, 0.2) is 12.2 Å². The molecule has 20 heavy (non-hydrogen) atoms. The molecular formula is C16H30O4. The fourth-order valence-corrected chi connectivity index (χ4v) is 1.59. The van der Waals surface area contributed by atoms with Gasteiger partial charge >= 0.3 is 0 Å². The first-order valence-corrected chi connectivity index (χ1v) is 7.27. The van der Waals surface area contributed by atoms with Crippen LogP contribution < -0.4 is 0 Å². The van der Waals surface area contributed by atoms with Gasteiger partial charge in [0.05, 0.1) is 11.2 Å². The van der Waals surface area contributed by atoms with Gasteiger partial charge in [0.15, 0.2) is 0 Å². The van der Waals surface area contributed by atoms with Crippen LogP contribution in [0.1, 0.15) is 68.2 Å². The summed E-state index contributed by atoms with van der Waals surface area (Å²) in [6.07, 6.45) is 5.61. The fourth-order valence-electron chi connectivity index (χ4n) is 1.59. The summed E-state index contributed by atoms with van der Waals surface area (Å²) in [5.41, 5.74) is -1.47. The Hall–Kier alpha value is -0.420. The van der Waals surface area contributed by atoms with Crippen LogP contribution in [-0.4, -0.2) is 22.4 Å². The summed E-state index contributed by atoms with van der Waals surface area (Å²) in [4.78, 5) is 22.0. The second kappa shape index (κ2) is 5.76. The third-order valence-corrected chi connectivity index (χ3v) is 2.87. The first kappa shape index (κ1) is 17.6. The summed E-state index contributed by atoms with van der Waals surface area (Å²) in [6, 6.07) is 0. The summed E-state index contributed by atoms with van der Waals surface area (Å²) in [5.74, 6) is 0. The standard InChI is InChI=1S/C16H30O4/c1-13(2,3)17-19-15(7)9-11-16(8,12-10-15)20-18-14(4,5)6/h9,11H,10,12H2,1-8H3. The van der Waals surface area contributed by atoms with Crippen molar-refractivity contribution >= 4 is 0 Å². The van der Waals surface area contributed by atoms with Gasteiger partial charge in [-0.3, -0.25) is 0 Å². The van der Waals surface area contributed by atoms with Crippen LogP contribution in [0.4, 0.5) is 0 Å². The maximum absolute atomic E-state index is 5.59. The Morgan fingerprint density at radius 2 is 1.00 bits per heavy atom. The lowest BCUT2D eigenvalue weighted by molar-refractivity contribution is -0.407. The quantitative estimate of drug-likeness (QED) is 0.437. The minimum Gasteiger partial charge on any atom is -0.230 e. The zero-order chi connectivity index (χ0) is 15.7. The molecule has 0 saturated heterocycles. The minimum absolute atomic E-state index is 0.316. The van der Waals surface area contributed by atoms with Gasteiger partial charge in [0.2, 0.25) is 0 Å². The summed E-state index contributed by atoms with van der Waals surface area (Å²) >= 11 is 0. The van der Waals surface area contributed by atoms with E-state index in [0.717, 1.165) is 12.8 Å². The predicted octanol–water partition coefficient (Wildman–Crippen LogP) is 4.35. The fraction of sp³-hybridized carbons (Fsp3) is 0.875. The molecule has 0 aromatic carbocycles.